The number of hydrogen-bond donors (Lipinski definition) is 1. The van der Waals surface area contributed by atoms with E-state index < -0.39 is 17.5 Å². The van der Waals surface area contributed by atoms with Gasteiger partial charge in [0.25, 0.3) is 5.91 Å². The van der Waals surface area contributed by atoms with Crippen molar-refractivity contribution in [3.05, 3.63) is 82.2 Å². The first-order valence-electron chi connectivity index (χ1n) is 9.95. The molecule has 0 unspecified atom stereocenters. The van der Waals surface area contributed by atoms with Crippen molar-refractivity contribution in [2.24, 2.45) is 0 Å². The second-order valence-corrected chi connectivity index (χ2v) is 6.60. The zero-order chi connectivity index (χ0) is 22.1. The molecule has 0 atom stereocenters. The summed E-state index contributed by atoms with van der Waals surface area (Å²) >= 11 is 0. The Morgan fingerprint density at radius 1 is 1.10 bits per heavy atom. The number of para-hydroxylation sites is 1. The van der Waals surface area contributed by atoms with E-state index in [4.69, 9.17) is 13.9 Å². The fourth-order valence-corrected chi connectivity index (χ4v) is 2.82. The molecule has 0 aliphatic heterocycles. The molecule has 31 heavy (non-hydrogen) atoms. The quantitative estimate of drug-likeness (QED) is 0.246. The van der Waals surface area contributed by atoms with Crippen LogP contribution in [0, 0.1) is 0 Å². The van der Waals surface area contributed by atoms with E-state index in [1.54, 1.807) is 30.3 Å². The summed E-state index contributed by atoms with van der Waals surface area (Å²) < 4.78 is 15.6. The van der Waals surface area contributed by atoms with Gasteiger partial charge in [-0.1, -0.05) is 30.3 Å². The van der Waals surface area contributed by atoms with Crippen LogP contribution < -0.4 is 15.7 Å². The van der Waals surface area contributed by atoms with Gasteiger partial charge in [-0.3, -0.25) is 4.79 Å². The number of benzene rings is 2. The fraction of sp³-hybridized carbons (Fsp3) is 0.208. The van der Waals surface area contributed by atoms with Crippen molar-refractivity contribution in [1.29, 1.82) is 0 Å². The summed E-state index contributed by atoms with van der Waals surface area (Å²) in [5.41, 5.74) is 0.521. The Morgan fingerprint density at radius 2 is 1.87 bits per heavy atom. The third-order valence-electron chi connectivity index (χ3n) is 4.34. The summed E-state index contributed by atoms with van der Waals surface area (Å²) in [4.78, 5) is 36.0. The molecule has 0 aliphatic carbocycles. The third-order valence-corrected chi connectivity index (χ3v) is 4.34. The molecule has 7 heteroatoms. The summed E-state index contributed by atoms with van der Waals surface area (Å²) in [7, 11) is 0. The van der Waals surface area contributed by atoms with Crippen molar-refractivity contribution < 1.29 is 23.5 Å². The van der Waals surface area contributed by atoms with Gasteiger partial charge < -0.3 is 19.2 Å². The zero-order valence-corrected chi connectivity index (χ0v) is 17.1. The molecule has 0 spiro atoms. The van der Waals surface area contributed by atoms with E-state index in [1.807, 2.05) is 31.2 Å². The van der Waals surface area contributed by atoms with Crippen molar-refractivity contribution in [3.8, 4) is 5.75 Å². The number of fused-ring (bicyclic) bond motifs is 1. The summed E-state index contributed by atoms with van der Waals surface area (Å²) in [6, 6.07) is 15.8. The van der Waals surface area contributed by atoms with Crippen molar-refractivity contribution >= 4 is 28.9 Å². The molecule has 0 fully saturated rings. The van der Waals surface area contributed by atoms with Crippen LogP contribution in [0.15, 0.2) is 69.9 Å². The highest BCUT2D eigenvalue weighted by molar-refractivity contribution is 5.96. The second kappa shape index (κ2) is 10.8. The van der Waals surface area contributed by atoms with E-state index in [0.29, 0.717) is 24.0 Å². The van der Waals surface area contributed by atoms with Crippen LogP contribution in [0.3, 0.4) is 0 Å². The van der Waals surface area contributed by atoms with Crippen LogP contribution in [0.1, 0.15) is 29.3 Å². The molecular weight excluding hydrogens is 398 g/mol. The Morgan fingerprint density at radius 3 is 2.65 bits per heavy atom. The smallest absolute Gasteiger partial charge is 0.349 e. The summed E-state index contributed by atoms with van der Waals surface area (Å²) in [6.07, 6.45) is 3.40. The van der Waals surface area contributed by atoms with E-state index in [9.17, 15) is 14.4 Å². The molecular formula is C24H23NO6. The highest BCUT2D eigenvalue weighted by Crippen LogP contribution is 2.13. The molecule has 1 heterocycles. The molecule has 7 nitrogen and oxygen atoms in total. The van der Waals surface area contributed by atoms with Gasteiger partial charge in [0.05, 0.1) is 13.2 Å². The van der Waals surface area contributed by atoms with Crippen LogP contribution in [0.2, 0.25) is 0 Å². The van der Waals surface area contributed by atoms with Gasteiger partial charge in [0, 0.05) is 18.0 Å². The van der Waals surface area contributed by atoms with Crippen molar-refractivity contribution in [2.75, 3.05) is 19.8 Å². The van der Waals surface area contributed by atoms with Crippen LogP contribution >= 0.6 is 0 Å². The highest BCUT2D eigenvalue weighted by Gasteiger charge is 2.13. The summed E-state index contributed by atoms with van der Waals surface area (Å²) in [5.74, 6) is -0.234. The molecule has 1 N–H and O–H groups in total. The average Bonchev–Trinajstić information content (AvgIpc) is 2.78. The van der Waals surface area contributed by atoms with E-state index >= 15 is 0 Å². The number of esters is 1. The highest BCUT2D eigenvalue weighted by atomic mass is 16.5. The Bertz CT molecular complexity index is 1130. The monoisotopic (exact) mass is 421 g/mol. The van der Waals surface area contributed by atoms with Crippen LogP contribution in [0.4, 0.5) is 0 Å². The Labute approximate surface area is 179 Å². The van der Waals surface area contributed by atoms with Crippen LogP contribution in [0.5, 0.6) is 5.75 Å². The van der Waals surface area contributed by atoms with Gasteiger partial charge in [0.1, 0.15) is 16.9 Å². The molecule has 0 bridgehead atoms. The van der Waals surface area contributed by atoms with E-state index in [0.717, 1.165) is 11.3 Å². The van der Waals surface area contributed by atoms with E-state index in [1.165, 1.54) is 12.1 Å². The van der Waals surface area contributed by atoms with Gasteiger partial charge >= 0.3 is 11.6 Å². The topological polar surface area (TPSA) is 94.8 Å². The van der Waals surface area contributed by atoms with Gasteiger partial charge in [-0.2, -0.15) is 0 Å². The van der Waals surface area contributed by atoms with E-state index in [-0.39, 0.29) is 18.7 Å². The standard InChI is InChI=1S/C24H23NO6/c1-2-29-19-11-8-17(9-12-19)10-13-22(26)30-15-5-14-25-23(27)20-16-18-6-3-4-7-21(18)31-24(20)28/h3-4,6-13,16H,2,5,14-15H2,1H3,(H,25,27)/b13-10+. The molecule has 0 saturated carbocycles. The predicted octanol–water partition coefficient (Wildman–Crippen LogP) is 3.57. The number of ether oxygens (including phenoxy) is 2. The average molecular weight is 421 g/mol. The summed E-state index contributed by atoms with van der Waals surface area (Å²) in [5, 5.41) is 3.30. The molecule has 2 aromatic carbocycles. The Balaban J connectivity index is 1.40. The first-order valence-corrected chi connectivity index (χ1v) is 9.95. The van der Waals surface area contributed by atoms with Crippen molar-refractivity contribution in [3.63, 3.8) is 0 Å². The lowest BCUT2D eigenvalue weighted by molar-refractivity contribution is -0.137. The minimum Gasteiger partial charge on any atom is -0.494 e. The molecule has 3 aromatic rings. The second-order valence-electron chi connectivity index (χ2n) is 6.60. The summed E-state index contributed by atoms with van der Waals surface area (Å²) in [6.45, 7) is 2.90. The molecule has 0 aliphatic rings. The van der Waals surface area contributed by atoms with Crippen LogP contribution in [-0.2, 0) is 9.53 Å². The first kappa shape index (κ1) is 21.8. The lowest BCUT2D eigenvalue weighted by Gasteiger charge is -2.06. The maximum atomic E-state index is 12.2. The van der Waals surface area contributed by atoms with Crippen LogP contribution in [-0.4, -0.2) is 31.6 Å². The van der Waals surface area contributed by atoms with Gasteiger partial charge in [0.15, 0.2) is 0 Å². The lowest BCUT2D eigenvalue weighted by Crippen LogP contribution is -2.29. The molecule has 0 radical (unpaired) electrons. The number of hydrogen-bond acceptors (Lipinski definition) is 6. The number of carbonyl (C=O) groups excluding carboxylic acids is 2. The van der Waals surface area contributed by atoms with Gasteiger partial charge in [-0.15, -0.1) is 0 Å². The van der Waals surface area contributed by atoms with Gasteiger partial charge in [-0.05, 0) is 49.2 Å². The molecule has 0 saturated heterocycles. The van der Waals surface area contributed by atoms with Crippen LogP contribution in [0.25, 0.3) is 17.0 Å². The lowest BCUT2D eigenvalue weighted by atomic mass is 10.2. The Hall–Kier alpha value is -3.87. The largest absolute Gasteiger partial charge is 0.494 e. The zero-order valence-electron chi connectivity index (χ0n) is 17.1. The van der Waals surface area contributed by atoms with Crippen molar-refractivity contribution in [1.82, 2.24) is 5.32 Å². The number of carbonyl (C=O) groups is 2. The fourth-order valence-electron chi connectivity index (χ4n) is 2.82. The maximum absolute atomic E-state index is 12.2. The Kier molecular flexibility index (Phi) is 7.59. The molecule has 1 aromatic heterocycles. The minimum atomic E-state index is -0.693. The molecule has 3 rings (SSSR count). The minimum absolute atomic E-state index is 0.0611. The number of amides is 1. The third kappa shape index (κ3) is 6.30. The normalized spacial score (nSPS) is 10.9. The molecule has 1 amide bonds. The van der Waals surface area contributed by atoms with E-state index in [2.05, 4.69) is 5.32 Å². The molecule has 160 valence electrons. The van der Waals surface area contributed by atoms with Gasteiger partial charge in [-0.25, -0.2) is 9.59 Å². The number of nitrogens with one attached hydrogen (secondary N) is 1. The predicted molar refractivity (Wildman–Crippen MR) is 117 cm³/mol. The van der Waals surface area contributed by atoms with Gasteiger partial charge in [0.2, 0.25) is 0 Å². The first-order chi connectivity index (χ1) is 15.1. The number of rotatable bonds is 9. The maximum Gasteiger partial charge on any atom is 0.349 e. The SMILES string of the molecule is CCOc1ccc(/C=C/C(=O)OCCCNC(=O)c2cc3ccccc3oc2=O)cc1. The van der Waals surface area contributed by atoms with Crippen molar-refractivity contribution in [2.45, 2.75) is 13.3 Å².